The molecule has 1 aromatic heterocycles. The molecule has 0 unspecified atom stereocenters. The van der Waals surface area contributed by atoms with E-state index in [-0.39, 0.29) is 5.78 Å². The molecule has 0 aliphatic carbocycles. The van der Waals surface area contributed by atoms with E-state index >= 15 is 0 Å². The molecule has 6 nitrogen and oxygen atoms in total. The van der Waals surface area contributed by atoms with E-state index in [9.17, 15) is 14.4 Å². The zero-order valence-electron chi connectivity index (χ0n) is 13.6. The molecule has 124 valence electrons. The lowest BCUT2D eigenvalue weighted by Crippen LogP contribution is -2.11. The fraction of sp³-hybridized carbons (Fsp3) is 0.167. The smallest absolute Gasteiger partial charge is 0.341 e. The van der Waals surface area contributed by atoms with Gasteiger partial charge in [-0.3, -0.25) is 9.59 Å². The molecule has 0 fully saturated rings. The van der Waals surface area contributed by atoms with Crippen molar-refractivity contribution in [2.75, 3.05) is 12.4 Å². The Balaban J connectivity index is 2.12. The first-order valence-corrected chi connectivity index (χ1v) is 7.20. The Kier molecular flexibility index (Phi) is 5.31. The standard InChI is InChI=1S/C18H17NO5/c1-11(20)14-6-4-5-7-16(14)19-17(21)9-8-13-10-15(12(2)24-13)18(22)23-3/h4-10H,1-3H3,(H,19,21). The Hall–Kier alpha value is -3.15. The number of esters is 1. The van der Waals surface area contributed by atoms with Gasteiger partial charge in [0.2, 0.25) is 5.91 Å². The van der Waals surface area contributed by atoms with Crippen LogP contribution in [0.5, 0.6) is 0 Å². The fourth-order valence-electron chi connectivity index (χ4n) is 2.13. The van der Waals surface area contributed by atoms with Crippen molar-refractivity contribution in [1.29, 1.82) is 0 Å². The fourth-order valence-corrected chi connectivity index (χ4v) is 2.13. The van der Waals surface area contributed by atoms with E-state index in [1.807, 2.05) is 0 Å². The summed E-state index contributed by atoms with van der Waals surface area (Å²) in [4.78, 5) is 35.0. The number of aryl methyl sites for hydroxylation is 1. The first-order valence-electron chi connectivity index (χ1n) is 7.20. The maximum absolute atomic E-state index is 12.0. The van der Waals surface area contributed by atoms with E-state index in [4.69, 9.17) is 4.42 Å². The van der Waals surface area contributed by atoms with Crippen LogP contribution in [0.3, 0.4) is 0 Å². The number of methoxy groups -OCH3 is 1. The summed E-state index contributed by atoms with van der Waals surface area (Å²) in [7, 11) is 1.28. The second kappa shape index (κ2) is 7.41. The van der Waals surface area contributed by atoms with Crippen molar-refractivity contribution in [1.82, 2.24) is 0 Å². The number of carbonyl (C=O) groups is 3. The van der Waals surface area contributed by atoms with Crippen LogP contribution in [0.2, 0.25) is 0 Å². The van der Waals surface area contributed by atoms with Gasteiger partial charge in [0.25, 0.3) is 0 Å². The van der Waals surface area contributed by atoms with E-state index in [0.29, 0.717) is 28.3 Å². The van der Waals surface area contributed by atoms with E-state index in [1.54, 1.807) is 31.2 Å². The number of carbonyl (C=O) groups excluding carboxylic acids is 3. The number of nitrogens with one attached hydrogen (secondary N) is 1. The van der Waals surface area contributed by atoms with Gasteiger partial charge < -0.3 is 14.5 Å². The minimum Gasteiger partial charge on any atom is -0.465 e. The summed E-state index contributed by atoms with van der Waals surface area (Å²) >= 11 is 0. The third-order valence-electron chi connectivity index (χ3n) is 3.31. The Bertz CT molecular complexity index is 817. The number of furan rings is 1. The average molecular weight is 327 g/mol. The van der Waals surface area contributed by atoms with Gasteiger partial charge in [0.1, 0.15) is 17.1 Å². The number of amides is 1. The van der Waals surface area contributed by atoms with Crippen molar-refractivity contribution < 1.29 is 23.5 Å². The molecule has 2 aromatic rings. The highest BCUT2D eigenvalue weighted by atomic mass is 16.5. The largest absolute Gasteiger partial charge is 0.465 e. The van der Waals surface area contributed by atoms with Gasteiger partial charge in [0.05, 0.1) is 12.8 Å². The van der Waals surface area contributed by atoms with Crippen molar-refractivity contribution in [2.24, 2.45) is 0 Å². The van der Waals surface area contributed by atoms with Crippen molar-refractivity contribution in [3.63, 3.8) is 0 Å². The van der Waals surface area contributed by atoms with E-state index in [2.05, 4.69) is 10.1 Å². The van der Waals surface area contributed by atoms with Crippen LogP contribution in [0.25, 0.3) is 6.08 Å². The quantitative estimate of drug-likeness (QED) is 0.518. The number of rotatable bonds is 5. The van der Waals surface area contributed by atoms with E-state index in [1.165, 1.54) is 32.3 Å². The summed E-state index contributed by atoms with van der Waals surface area (Å²) in [5, 5.41) is 2.64. The van der Waals surface area contributed by atoms with Gasteiger partial charge in [-0.25, -0.2) is 4.79 Å². The molecule has 24 heavy (non-hydrogen) atoms. The van der Waals surface area contributed by atoms with Gasteiger partial charge in [-0.1, -0.05) is 12.1 Å². The summed E-state index contributed by atoms with van der Waals surface area (Å²) in [5.41, 5.74) is 1.17. The normalized spacial score (nSPS) is 10.6. The highest BCUT2D eigenvalue weighted by molar-refractivity contribution is 6.07. The molecular weight excluding hydrogens is 310 g/mol. The molecular formula is C18H17NO5. The van der Waals surface area contributed by atoms with Crippen LogP contribution in [0, 0.1) is 6.92 Å². The number of Topliss-reactive ketones (excluding diaryl/α,β-unsaturated/α-hetero) is 1. The summed E-state index contributed by atoms with van der Waals surface area (Å²) in [6.07, 6.45) is 2.70. The molecule has 1 aromatic carbocycles. The molecule has 0 aliphatic rings. The predicted molar refractivity (Wildman–Crippen MR) is 88.9 cm³/mol. The number of para-hydroxylation sites is 1. The van der Waals surface area contributed by atoms with Crippen LogP contribution in [0.4, 0.5) is 5.69 Å². The van der Waals surface area contributed by atoms with E-state index < -0.39 is 11.9 Å². The van der Waals surface area contributed by atoms with Gasteiger partial charge >= 0.3 is 5.97 Å². The van der Waals surface area contributed by atoms with Crippen LogP contribution in [0.15, 0.2) is 40.8 Å². The maximum atomic E-state index is 12.0. The lowest BCUT2D eigenvalue weighted by atomic mass is 10.1. The zero-order chi connectivity index (χ0) is 17.7. The molecule has 1 heterocycles. The van der Waals surface area contributed by atoms with Crippen molar-refractivity contribution in [3.8, 4) is 0 Å². The van der Waals surface area contributed by atoms with Crippen LogP contribution in [-0.4, -0.2) is 24.8 Å². The molecule has 2 rings (SSSR count). The number of anilines is 1. The first-order chi connectivity index (χ1) is 11.4. The maximum Gasteiger partial charge on any atom is 0.341 e. The lowest BCUT2D eigenvalue weighted by Gasteiger charge is -2.06. The molecule has 0 radical (unpaired) electrons. The SMILES string of the molecule is COC(=O)c1cc(C=CC(=O)Nc2ccccc2C(C)=O)oc1C. The average Bonchev–Trinajstić information content (AvgIpc) is 2.93. The van der Waals surface area contributed by atoms with Gasteiger partial charge in [-0.05, 0) is 38.1 Å². The molecule has 0 atom stereocenters. The second-order valence-corrected chi connectivity index (χ2v) is 5.03. The van der Waals surface area contributed by atoms with Crippen molar-refractivity contribution >= 4 is 29.4 Å². The molecule has 0 aliphatic heterocycles. The lowest BCUT2D eigenvalue weighted by molar-refractivity contribution is -0.111. The summed E-state index contributed by atoms with van der Waals surface area (Å²) in [5.74, 6) is -0.306. The van der Waals surface area contributed by atoms with Gasteiger partial charge in [0, 0.05) is 11.6 Å². The molecule has 0 bridgehead atoms. The molecule has 0 saturated carbocycles. The molecule has 6 heteroatoms. The van der Waals surface area contributed by atoms with Crippen LogP contribution >= 0.6 is 0 Å². The number of ether oxygens (including phenoxy) is 1. The number of hydrogen-bond donors (Lipinski definition) is 1. The number of hydrogen-bond acceptors (Lipinski definition) is 5. The highest BCUT2D eigenvalue weighted by Crippen LogP contribution is 2.18. The zero-order valence-corrected chi connectivity index (χ0v) is 13.6. The third-order valence-corrected chi connectivity index (χ3v) is 3.31. The van der Waals surface area contributed by atoms with Crippen molar-refractivity contribution in [3.05, 3.63) is 59.1 Å². The van der Waals surface area contributed by atoms with Crippen LogP contribution in [0.1, 0.15) is 39.2 Å². The van der Waals surface area contributed by atoms with Crippen molar-refractivity contribution in [2.45, 2.75) is 13.8 Å². The number of benzene rings is 1. The third kappa shape index (κ3) is 3.98. The predicted octanol–water partition coefficient (Wildman–Crippen LogP) is 3.23. The monoisotopic (exact) mass is 327 g/mol. The summed E-state index contributed by atoms with van der Waals surface area (Å²) < 4.78 is 10.0. The van der Waals surface area contributed by atoms with Gasteiger partial charge in [0.15, 0.2) is 5.78 Å². The Morgan fingerprint density at radius 1 is 1.17 bits per heavy atom. The highest BCUT2D eigenvalue weighted by Gasteiger charge is 2.14. The van der Waals surface area contributed by atoms with Gasteiger partial charge in [-0.15, -0.1) is 0 Å². The first kappa shape index (κ1) is 17.2. The Labute approximate surface area is 139 Å². The van der Waals surface area contributed by atoms with Gasteiger partial charge in [-0.2, -0.15) is 0 Å². The number of ketones is 1. The Morgan fingerprint density at radius 3 is 2.54 bits per heavy atom. The van der Waals surface area contributed by atoms with E-state index in [0.717, 1.165) is 0 Å². The Morgan fingerprint density at radius 2 is 1.88 bits per heavy atom. The summed E-state index contributed by atoms with van der Waals surface area (Å²) in [6, 6.07) is 8.23. The second-order valence-electron chi connectivity index (χ2n) is 5.03. The molecule has 1 N–H and O–H groups in total. The molecule has 0 spiro atoms. The summed E-state index contributed by atoms with van der Waals surface area (Å²) in [6.45, 7) is 3.06. The minimum atomic E-state index is -0.504. The molecule has 1 amide bonds. The topological polar surface area (TPSA) is 85.6 Å². The van der Waals surface area contributed by atoms with Crippen LogP contribution < -0.4 is 5.32 Å². The minimum absolute atomic E-state index is 0.140. The van der Waals surface area contributed by atoms with Crippen LogP contribution in [-0.2, 0) is 9.53 Å². The molecule has 0 saturated heterocycles.